The highest BCUT2D eigenvalue weighted by molar-refractivity contribution is 7.13. The SMILES string of the molecule is COc1cc(/C=N\NC(=O)Cc2csc(-c3ccc(F)cc3)n2)cc2c1OCO2. The standard InChI is InChI=1S/C20H16FN3O4S/c1-26-16-6-12(7-17-19(16)28-11-27-17)9-22-24-18(25)8-15-10-29-20(23-15)13-2-4-14(21)5-3-13/h2-7,9-10H,8,11H2,1H3,(H,24,25)/b22-9-. The molecule has 29 heavy (non-hydrogen) atoms. The van der Waals surface area contributed by atoms with Gasteiger partial charge in [0.25, 0.3) is 0 Å². The molecule has 0 unspecified atom stereocenters. The number of benzene rings is 2. The van der Waals surface area contributed by atoms with Crippen LogP contribution in [0.25, 0.3) is 10.6 Å². The van der Waals surface area contributed by atoms with E-state index in [1.807, 2.05) is 0 Å². The molecule has 9 heteroatoms. The Hall–Kier alpha value is -3.46. The van der Waals surface area contributed by atoms with Crippen LogP contribution in [-0.2, 0) is 11.2 Å². The number of amides is 1. The fraction of sp³-hybridized carbons (Fsp3) is 0.150. The van der Waals surface area contributed by atoms with Gasteiger partial charge < -0.3 is 14.2 Å². The van der Waals surface area contributed by atoms with Crippen LogP contribution in [0.5, 0.6) is 17.2 Å². The molecule has 2 aromatic carbocycles. The van der Waals surface area contributed by atoms with Crippen LogP contribution in [0.15, 0.2) is 46.9 Å². The highest BCUT2D eigenvalue weighted by Crippen LogP contribution is 2.41. The molecule has 148 valence electrons. The summed E-state index contributed by atoms with van der Waals surface area (Å²) in [6.45, 7) is 0.135. The van der Waals surface area contributed by atoms with Crippen LogP contribution in [0, 0.1) is 5.82 Å². The van der Waals surface area contributed by atoms with Gasteiger partial charge in [-0.05, 0) is 36.4 Å². The van der Waals surface area contributed by atoms with Gasteiger partial charge in [0, 0.05) is 16.5 Å². The lowest BCUT2D eigenvalue weighted by Crippen LogP contribution is -2.19. The van der Waals surface area contributed by atoms with Crippen LogP contribution in [0.2, 0.25) is 0 Å². The molecular formula is C20H16FN3O4S. The van der Waals surface area contributed by atoms with Gasteiger partial charge in [0.2, 0.25) is 18.4 Å². The summed E-state index contributed by atoms with van der Waals surface area (Å²) in [5, 5.41) is 6.49. The second kappa shape index (κ2) is 8.27. The molecule has 0 atom stereocenters. The Morgan fingerprint density at radius 2 is 2.17 bits per heavy atom. The fourth-order valence-corrected chi connectivity index (χ4v) is 3.55. The maximum Gasteiger partial charge on any atom is 0.246 e. The van der Waals surface area contributed by atoms with Gasteiger partial charge in [-0.3, -0.25) is 4.79 Å². The molecule has 0 bridgehead atoms. The third kappa shape index (κ3) is 4.35. The number of carbonyl (C=O) groups excluding carboxylic acids is 1. The molecule has 1 N–H and O–H groups in total. The van der Waals surface area contributed by atoms with Crippen LogP contribution in [0.1, 0.15) is 11.3 Å². The van der Waals surface area contributed by atoms with E-state index in [0.29, 0.717) is 28.5 Å². The van der Waals surface area contributed by atoms with E-state index in [0.717, 1.165) is 10.6 Å². The predicted octanol–water partition coefficient (Wildman–Crippen LogP) is 3.38. The minimum atomic E-state index is -0.303. The third-order valence-corrected chi connectivity index (χ3v) is 5.01. The molecule has 0 radical (unpaired) electrons. The molecule has 1 aromatic heterocycles. The van der Waals surface area contributed by atoms with E-state index in [1.54, 1.807) is 29.6 Å². The minimum Gasteiger partial charge on any atom is -0.493 e. The molecule has 0 saturated carbocycles. The number of aromatic nitrogens is 1. The first-order valence-corrected chi connectivity index (χ1v) is 9.50. The number of ether oxygens (including phenoxy) is 3. The minimum absolute atomic E-state index is 0.0828. The fourth-order valence-electron chi connectivity index (χ4n) is 2.72. The van der Waals surface area contributed by atoms with Gasteiger partial charge in [-0.25, -0.2) is 14.8 Å². The zero-order chi connectivity index (χ0) is 20.2. The molecule has 2 heterocycles. The molecule has 0 aliphatic carbocycles. The van der Waals surface area contributed by atoms with E-state index in [9.17, 15) is 9.18 Å². The van der Waals surface area contributed by atoms with Crippen LogP contribution >= 0.6 is 11.3 Å². The number of hydrazone groups is 1. The quantitative estimate of drug-likeness (QED) is 0.495. The predicted molar refractivity (Wildman–Crippen MR) is 106 cm³/mol. The Balaban J connectivity index is 1.36. The van der Waals surface area contributed by atoms with E-state index in [2.05, 4.69) is 15.5 Å². The average molecular weight is 413 g/mol. The maximum absolute atomic E-state index is 13.0. The highest BCUT2D eigenvalue weighted by atomic mass is 32.1. The Labute approximate surface area is 169 Å². The average Bonchev–Trinajstić information content (AvgIpc) is 3.37. The van der Waals surface area contributed by atoms with Gasteiger partial charge in [-0.2, -0.15) is 5.10 Å². The van der Waals surface area contributed by atoms with Crippen molar-refractivity contribution in [1.29, 1.82) is 0 Å². The van der Waals surface area contributed by atoms with E-state index < -0.39 is 0 Å². The number of hydrogen-bond donors (Lipinski definition) is 1. The summed E-state index contributed by atoms with van der Waals surface area (Å²) in [4.78, 5) is 16.5. The first kappa shape index (κ1) is 18.9. The van der Waals surface area contributed by atoms with Crippen molar-refractivity contribution in [1.82, 2.24) is 10.4 Å². The molecule has 0 spiro atoms. The smallest absolute Gasteiger partial charge is 0.246 e. The summed E-state index contributed by atoms with van der Waals surface area (Å²) in [6, 6.07) is 9.55. The second-order valence-corrected chi connectivity index (χ2v) is 6.94. The number of carbonyl (C=O) groups is 1. The number of thiazole rings is 1. The zero-order valence-electron chi connectivity index (χ0n) is 15.3. The van der Waals surface area contributed by atoms with Crippen molar-refractivity contribution < 1.29 is 23.4 Å². The monoisotopic (exact) mass is 413 g/mol. The Morgan fingerprint density at radius 1 is 1.34 bits per heavy atom. The van der Waals surface area contributed by atoms with Crippen molar-refractivity contribution in [3.05, 3.63) is 58.9 Å². The normalized spacial score (nSPS) is 12.3. The zero-order valence-corrected chi connectivity index (χ0v) is 16.2. The Bertz CT molecular complexity index is 1070. The molecule has 3 aromatic rings. The topological polar surface area (TPSA) is 82.0 Å². The van der Waals surface area contributed by atoms with Crippen molar-refractivity contribution in [2.45, 2.75) is 6.42 Å². The highest BCUT2D eigenvalue weighted by Gasteiger charge is 2.19. The van der Waals surface area contributed by atoms with Crippen molar-refractivity contribution in [3.8, 4) is 27.8 Å². The summed E-state index contributed by atoms with van der Waals surface area (Å²) in [5.74, 6) is 1.04. The van der Waals surface area contributed by atoms with Gasteiger partial charge in [0.05, 0.1) is 25.4 Å². The van der Waals surface area contributed by atoms with Gasteiger partial charge in [0.15, 0.2) is 11.5 Å². The van der Waals surface area contributed by atoms with Crippen LogP contribution < -0.4 is 19.6 Å². The number of nitrogens with zero attached hydrogens (tertiary/aromatic N) is 2. The van der Waals surface area contributed by atoms with Crippen molar-refractivity contribution in [2.24, 2.45) is 5.10 Å². The molecule has 0 saturated heterocycles. The molecule has 0 fully saturated rings. The van der Waals surface area contributed by atoms with Gasteiger partial charge in [-0.15, -0.1) is 11.3 Å². The van der Waals surface area contributed by atoms with Crippen molar-refractivity contribution in [2.75, 3.05) is 13.9 Å². The largest absolute Gasteiger partial charge is 0.493 e. The van der Waals surface area contributed by atoms with E-state index in [4.69, 9.17) is 14.2 Å². The Kier molecular flexibility index (Phi) is 5.39. The van der Waals surface area contributed by atoms with Crippen molar-refractivity contribution >= 4 is 23.5 Å². The summed E-state index contributed by atoms with van der Waals surface area (Å²) in [5.41, 5.74) is 4.59. The number of rotatable bonds is 6. The molecular weight excluding hydrogens is 397 g/mol. The summed E-state index contributed by atoms with van der Waals surface area (Å²) >= 11 is 1.40. The number of methoxy groups -OCH3 is 1. The Morgan fingerprint density at radius 3 is 2.97 bits per heavy atom. The summed E-state index contributed by atoms with van der Waals surface area (Å²) < 4.78 is 29.0. The maximum atomic E-state index is 13.0. The summed E-state index contributed by atoms with van der Waals surface area (Å²) in [7, 11) is 1.54. The lowest BCUT2D eigenvalue weighted by Gasteiger charge is -2.05. The molecule has 4 rings (SSSR count). The number of hydrogen-bond acceptors (Lipinski definition) is 7. The van der Waals surface area contributed by atoms with Gasteiger partial charge in [-0.1, -0.05) is 0 Å². The van der Waals surface area contributed by atoms with E-state index in [-0.39, 0.29) is 24.9 Å². The van der Waals surface area contributed by atoms with Crippen LogP contribution in [0.3, 0.4) is 0 Å². The lowest BCUT2D eigenvalue weighted by atomic mass is 10.2. The molecule has 1 amide bonds. The number of nitrogens with one attached hydrogen (secondary N) is 1. The van der Waals surface area contributed by atoms with Gasteiger partial charge in [0.1, 0.15) is 10.8 Å². The first-order chi connectivity index (χ1) is 14.1. The second-order valence-electron chi connectivity index (χ2n) is 6.08. The van der Waals surface area contributed by atoms with Gasteiger partial charge >= 0.3 is 0 Å². The van der Waals surface area contributed by atoms with Crippen molar-refractivity contribution in [3.63, 3.8) is 0 Å². The number of halogens is 1. The molecule has 1 aliphatic heterocycles. The third-order valence-electron chi connectivity index (χ3n) is 4.07. The molecule has 1 aliphatic rings. The first-order valence-electron chi connectivity index (χ1n) is 8.62. The van der Waals surface area contributed by atoms with Crippen LogP contribution in [-0.4, -0.2) is 31.0 Å². The van der Waals surface area contributed by atoms with E-state index in [1.165, 1.54) is 36.8 Å². The van der Waals surface area contributed by atoms with E-state index >= 15 is 0 Å². The number of fused-ring (bicyclic) bond motifs is 1. The molecule has 7 nitrogen and oxygen atoms in total. The van der Waals surface area contributed by atoms with Crippen LogP contribution in [0.4, 0.5) is 4.39 Å². The summed E-state index contributed by atoms with van der Waals surface area (Å²) in [6.07, 6.45) is 1.58. The lowest BCUT2D eigenvalue weighted by molar-refractivity contribution is -0.120.